The van der Waals surface area contributed by atoms with Gasteiger partial charge < -0.3 is 15.4 Å². The van der Waals surface area contributed by atoms with Gasteiger partial charge in [-0.25, -0.2) is 0 Å². The Morgan fingerprint density at radius 2 is 2.24 bits per heavy atom. The number of anilines is 1. The van der Waals surface area contributed by atoms with E-state index < -0.39 is 0 Å². The van der Waals surface area contributed by atoms with Crippen LogP contribution in [-0.2, 0) is 11.2 Å². The van der Waals surface area contributed by atoms with Crippen LogP contribution in [0.5, 0.6) is 5.75 Å². The van der Waals surface area contributed by atoms with Gasteiger partial charge in [0.1, 0.15) is 10.8 Å². The third kappa shape index (κ3) is 3.52. The van der Waals surface area contributed by atoms with Gasteiger partial charge in [0.25, 0.3) is 0 Å². The Balaban J connectivity index is 1.36. The van der Waals surface area contributed by atoms with Crippen molar-refractivity contribution in [1.82, 2.24) is 15.5 Å². The highest BCUT2D eigenvalue weighted by molar-refractivity contribution is 7.15. The monoisotopic (exact) mass is 358 g/mol. The van der Waals surface area contributed by atoms with Gasteiger partial charge in [-0.05, 0) is 55.5 Å². The van der Waals surface area contributed by atoms with Gasteiger partial charge in [-0.2, -0.15) is 0 Å². The van der Waals surface area contributed by atoms with Crippen LogP contribution >= 0.6 is 11.3 Å². The molecule has 1 aliphatic heterocycles. The molecule has 7 heteroatoms. The summed E-state index contributed by atoms with van der Waals surface area (Å²) in [5.74, 6) is 1.07. The predicted octanol–water partition coefficient (Wildman–Crippen LogP) is 2.47. The van der Waals surface area contributed by atoms with Gasteiger partial charge in [0.05, 0.1) is 7.11 Å². The zero-order chi connectivity index (χ0) is 17.3. The highest BCUT2D eigenvalue weighted by Crippen LogP contribution is 2.58. The maximum absolute atomic E-state index is 12.5. The molecule has 25 heavy (non-hydrogen) atoms. The summed E-state index contributed by atoms with van der Waals surface area (Å²) in [5, 5.41) is 16.1. The number of aromatic nitrogens is 2. The van der Waals surface area contributed by atoms with Crippen molar-refractivity contribution in [2.75, 3.05) is 25.5 Å². The number of hydrogen-bond donors (Lipinski definition) is 2. The molecule has 1 saturated carbocycles. The van der Waals surface area contributed by atoms with Crippen LogP contribution in [0.2, 0.25) is 0 Å². The molecule has 1 saturated heterocycles. The second-order valence-corrected chi connectivity index (χ2v) is 7.95. The van der Waals surface area contributed by atoms with Crippen LogP contribution in [0.4, 0.5) is 5.13 Å². The molecule has 1 spiro atoms. The quantitative estimate of drug-likeness (QED) is 0.859. The molecule has 6 nitrogen and oxygen atoms in total. The normalized spacial score (nSPS) is 21.1. The first-order valence-corrected chi connectivity index (χ1v) is 9.47. The average molecular weight is 358 g/mol. The minimum Gasteiger partial charge on any atom is -0.497 e. The third-order valence-corrected chi connectivity index (χ3v) is 6.13. The topological polar surface area (TPSA) is 76.1 Å². The number of carbonyl (C=O) groups is 1. The molecular weight excluding hydrogens is 336 g/mol. The van der Waals surface area contributed by atoms with Gasteiger partial charge in [0, 0.05) is 12.3 Å². The first-order valence-electron chi connectivity index (χ1n) is 8.65. The third-order valence-electron chi connectivity index (χ3n) is 5.29. The molecule has 1 aromatic carbocycles. The van der Waals surface area contributed by atoms with Crippen molar-refractivity contribution in [1.29, 1.82) is 0 Å². The Morgan fingerprint density at radius 3 is 3.04 bits per heavy atom. The summed E-state index contributed by atoms with van der Waals surface area (Å²) >= 11 is 1.44. The molecule has 1 aliphatic carbocycles. The second-order valence-electron chi connectivity index (χ2n) is 6.89. The van der Waals surface area contributed by atoms with E-state index in [1.165, 1.54) is 11.3 Å². The SMILES string of the molecule is COc1cccc(Cc2nnc(NC(=O)C3CC34CCNCC4)s2)c1. The molecule has 0 bridgehead atoms. The molecular formula is C18H22N4O2S. The molecule has 2 N–H and O–H groups in total. The Labute approximate surface area is 151 Å². The average Bonchev–Trinajstić information content (AvgIpc) is 3.14. The maximum Gasteiger partial charge on any atom is 0.229 e. The van der Waals surface area contributed by atoms with Gasteiger partial charge in [-0.15, -0.1) is 10.2 Å². The molecule has 2 aliphatic rings. The number of benzene rings is 1. The van der Waals surface area contributed by atoms with E-state index in [-0.39, 0.29) is 17.2 Å². The molecule has 0 radical (unpaired) electrons. The molecule has 2 heterocycles. The van der Waals surface area contributed by atoms with Gasteiger partial charge in [-0.1, -0.05) is 23.5 Å². The molecule has 2 aromatic rings. The molecule has 1 aromatic heterocycles. The lowest BCUT2D eigenvalue weighted by Crippen LogP contribution is -2.31. The molecule has 1 atom stereocenters. The Kier molecular flexibility index (Phi) is 4.43. The Hall–Kier alpha value is -1.99. The van der Waals surface area contributed by atoms with Gasteiger partial charge in [-0.3, -0.25) is 4.79 Å². The summed E-state index contributed by atoms with van der Waals surface area (Å²) in [5.41, 5.74) is 1.35. The summed E-state index contributed by atoms with van der Waals surface area (Å²) in [7, 11) is 1.66. The van der Waals surface area contributed by atoms with Crippen molar-refractivity contribution >= 4 is 22.4 Å². The van der Waals surface area contributed by atoms with Crippen LogP contribution in [0.1, 0.15) is 29.8 Å². The van der Waals surface area contributed by atoms with Crippen molar-refractivity contribution in [3.63, 3.8) is 0 Å². The fourth-order valence-electron chi connectivity index (χ4n) is 3.72. The number of hydrogen-bond acceptors (Lipinski definition) is 6. The summed E-state index contributed by atoms with van der Waals surface area (Å²) in [6, 6.07) is 7.91. The van der Waals surface area contributed by atoms with Crippen LogP contribution in [-0.4, -0.2) is 36.3 Å². The van der Waals surface area contributed by atoms with Crippen LogP contribution < -0.4 is 15.4 Å². The van der Waals surface area contributed by atoms with Crippen molar-refractivity contribution < 1.29 is 9.53 Å². The van der Waals surface area contributed by atoms with E-state index >= 15 is 0 Å². The molecule has 2 fully saturated rings. The van der Waals surface area contributed by atoms with E-state index in [2.05, 4.69) is 20.8 Å². The second kappa shape index (κ2) is 6.72. The maximum atomic E-state index is 12.5. The van der Waals surface area contributed by atoms with Crippen LogP contribution in [0, 0.1) is 11.3 Å². The first kappa shape index (κ1) is 16.5. The van der Waals surface area contributed by atoms with Crippen molar-refractivity contribution in [3.8, 4) is 5.75 Å². The number of nitrogens with one attached hydrogen (secondary N) is 2. The van der Waals surface area contributed by atoms with E-state index in [4.69, 9.17) is 4.74 Å². The highest BCUT2D eigenvalue weighted by Gasteiger charge is 2.57. The lowest BCUT2D eigenvalue weighted by atomic mass is 9.92. The number of piperidine rings is 1. The molecule has 132 valence electrons. The van der Waals surface area contributed by atoms with Crippen LogP contribution in [0.15, 0.2) is 24.3 Å². The van der Waals surface area contributed by atoms with Crippen molar-refractivity contribution in [2.45, 2.75) is 25.7 Å². The summed E-state index contributed by atoms with van der Waals surface area (Å²) in [6.07, 6.45) is 3.89. The largest absolute Gasteiger partial charge is 0.497 e. The van der Waals surface area contributed by atoms with E-state index in [1.54, 1.807) is 7.11 Å². The highest BCUT2D eigenvalue weighted by atomic mass is 32.1. The molecule has 1 unspecified atom stereocenters. The number of amides is 1. The standard InChI is InChI=1S/C18H22N4O2S/c1-24-13-4-2-3-12(9-13)10-15-21-22-17(25-15)20-16(23)14-11-18(14)5-7-19-8-6-18/h2-4,9,14,19H,5-8,10-11H2,1H3,(H,20,22,23). The Morgan fingerprint density at radius 1 is 1.40 bits per heavy atom. The molecule has 1 amide bonds. The summed E-state index contributed by atoms with van der Waals surface area (Å²) in [6.45, 7) is 2.04. The first-order chi connectivity index (χ1) is 12.2. The number of methoxy groups -OCH3 is 1. The Bertz CT molecular complexity index is 770. The van der Waals surface area contributed by atoms with Gasteiger partial charge in [0.15, 0.2) is 0 Å². The van der Waals surface area contributed by atoms with Crippen molar-refractivity contribution in [3.05, 3.63) is 34.8 Å². The fourth-order valence-corrected chi connectivity index (χ4v) is 4.50. The predicted molar refractivity (Wildman–Crippen MR) is 97.0 cm³/mol. The summed E-state index contributed by atoms with van der Waals surface area (Å²) in [4.78, 5) is 12.5. The number of carbonyl (C=O) groups excluding carboxylic acids is 1. The van der Waals surface area contributed by atoms with E-state index in [9.17, 15) is 4.79 Å². The van der Waals surface area contributed by atoms with E-state index in [0.29, 0.717) is 11.6 Å². The minimum atomic E-state index is 0.103. The number of ether oxygens (including phenoxy) is 1. The van der Waals surface area contributed by atoms with Gasteiger partial charge in [0.2, 0.25) is 11.0 Å². The molecule has 4 rings (SSSR count). The van der Waals surface area contributed by atoms with Crippen molar-refractivity contribution in [2.24, 2.45) is 11.3 Å². The van der Waals surface area contributed by atoms with Crippen LogP contribution in [0.25, 0.3) is 0 Å². The van der Waals surface area contributed by atoms with E-state index in [0.717, 1.165) is 48.7 Å². The zero-order valence-electron chi connectivity index (χ0n) is 14.2. The fraction of sp³-hybridized carbons (Fsp3) is 0.500. The summed E-state index contributed by atoms with van der Waals surface area (Å²) < 4.78 is 5.24. The van der Waals surface area contributed by atoms with E-state index in [1.807, 2.05) is 24.3 Å². The number of rotatable bonds is 5. The zero-order valence-corrected chi connectivity index (χ0v) is 15.1. The lowest BCUT2D eigenvalue weighted by molar-refractivity contribution is -0.118. The minimum absolute atomic E-state index is 0.103. The smallest absolute Gasteiger partial charge is 0.229 e. The number of nitrogens with zero attached hydrogens (tertiary/aromatic N) is 2. The lowest BCUT2D eigenvalue weighted by Gasteiger charge is -2.22. The van der Waals surface area contributed by atoms with Gasteiger partial charge >= 0.3 is 0 Å². The van der Waals surface area contributed by atoms with Crippen LogP contribution in [0.3, 0.4) is 0 Å².